The van der Waals surface area contributed by atoms with Gasteiger partial charge in [-0.15, -0.1) is 11.3 Å². The summed E-state index contributed by atoms with van der Waals surface area (Å²) in [7, 11) is 0. The zero-order valence-electron chi connectivity index (χ0n) is 60.2. The SMILES string of the molecule is CCCc1nc(CC)nc(-c2ccc(-c3nc(-c4ccccc4)c4sc5ccccc5c4n3)cc2)c1C.Cc1nc(-c2ccc(-c3ccc(-c4ccc(-c5ccc(C#N)cc5)cc4)c4ccccc34)cc2)nc(C)c1C.Cc1nc(C)c(C)c(-c2ccc(-c3cc4cccnc4c4ncccc34)cc2)n1. The Morgan fingerprint density at radius 1 is 0.352 bits per heavy atom. The van der Waals surface area contributed by atoms with Crippen molar-refractivity contribution in [2.75, 3.05) is 0 Å². The maximum atomic E-state index is 9.07. The molecule has 11 nitrogen and oxygen atoms in total. The van der Waals surface area contributed by atoms with Crippen molar-refractivity contribution in [3.8, 4) is 107 Å². The summed E-state index contributed by atoms with van der Waals surface area (Å²) in [5.74, 6) is 3.21. The lowest BCUT2D eigenvalue weighted by molar-refractivity contribution is 0.824. The third kappa shape index (κ3) is 13.9. The molecule has 0 bridgehead atoms. The molecular weight excluding hydrogens is 1300 g/mol. The number of nitriles is 1. The predicted molar refractivity (Wildman–Crippen MR) is 433 cm³/mol. The first-order valence-electron chi connectivity index (χ1n) is 35.6. The molecule has 0 fully saturated rings. The number of thiophene rings is 1. The van der Waals surface area contributed by atoms with Crippen molar-refractivity contribution in [3.05, 3.63) is 312 Å². The van der Waals surface area contributed by atoms with Crippen molar-refractivity contribution >= 4 is 64.2 Å². The Bertz CT molecular complexity index is 6120. The number of pyridine rings is 2. The van der Waals surface area contributed by atoms with Crippen LogP contribution in [0.1, 0.15) is 76.9 Å². The lowest BCUT2D eigenvalue weighted by Gasteiger charge is -2.13. The molecule has 0 spiro atoms. The fourth-order valence-electron chi connectivity index (χ4n) is 13.8. The summed E-state index contributed by atoms with van der Waals surface area (Å²) >= 11 is 1.76. The van der Waals surface area contributed by atoms with Crippen LogP contribution in [-0.2, 0) is 12.8 Å². The molecule has 0 saturated heterocycles. The predicted octanol–water partition coefficient (Wildman–Crippen LogP) is 23.4. The van der Waals surface area contributed by atoms with Gasteiger partial charge in [0.2, 0.25) is 0 Å². The number of nitrogens with zero attached hydrogens (tertiary/aromatic N) is 11. The Labute approximate surface area is 615 Å². The molecule has 0 atom stereocenters. The van der Waals surface area contributed by atoms with Crippen molar-refractivity contribution in [1.82, 2.24) is 49.8 Å². The van der Waals surface area contributed by atoms with Gasteiger partial charge in [-0.2, -0.15) is 5.26 Å². The summed E-state index contributed by atoms with van der Waals surface area (Å²) in [6.45, 7) is 18.6. The molecule has 0 aliphatic rings. The van der Waals surface area contributed by atoms with Gasteiger partial charge in [0.05, 0.1) is 50.0 Å². The highest BCUT2D eigenvalue weighted by molar-refractivity contribution is 7.26. The molecule has 0 aliphatic heterocycles. The number of hydrogen-bond donors (Lipinski definition) is 0. The highest BCUT2D eigenvalue weighted by atomic mass is 32.1. The second-order valence-electron chi connectivity index (χ2n) is 26.5. The molecule has 0 saturated carbocycles. The number of fused-ring (bicyclic) bond motifs is 7. The highest BCUT2D eigenvalue weighted by Gasteiger charge is 2.20. The molecule has 0 N–H and O–H groups in total. The Morgan fingerprint density at radius 3 is 1.44 bits per heavy atom. The molecule has 0 amide bonds. The van der Waals surface area contributed by atoms with E-state index in [2.05, 4.69) is 261 Å². The Hall–Kier alpha value is -12.7. The fourth-order valence-corrected chi connectivity index (χ4v) is 14.9. The summed E-state index contributed by atoms with van der Waals surface area (Å²) in [4.78, 5) is 47.6. The second kappa shape index (κ2) is 29.7. The largest absolute Gasteiger partial charge is 0.254 e. The maximum Gasteiger partial charge on any atom is 0.160 e. The highest BCUT2D eigenvalue weighted by Crippen LogP contribution is 2.42. The van der Waals surface area contributed by atoms with Gasteiger partial charge in [-0.25, -0.2) is 39.9 Å². The van der Waals surface area contributed by atoms with Gasteiger partial charge in [-0.3, -0.25) is 9.97 Å². The number of aromatic nitrogens is 10. The minimum absolute atomic E-state index is 0.672. The third-order valence-corrected chi connectivity index (χ3v) is 20.9. The zero-order chi connectivity index (χ0) is 72.2. The van der Waals surface area contributed by atoms with Crippen LogP contribution in [0.15, 0.2) is 255 Å². The van der Waals surface area contributed by atoms with E-state index in [9.17, 15) is 0 Å². The van der Waals surface area contributed by atoms with E-state index in [4.69, 9.17) is 35.2 Å². The number of benzene rings is 10. The Balaban J connectivity index is 0.000000128. The van der Waals surface area contributed by atoms with E-state index in [1.165, 1.54) is 48.7 Å². The molecule has 0 radical (unpaired) electrons. The normalized spacial score (nSPS) is 11.2. The second-order valence-corrected chi connectivity index (χ2v) is 27.5. The van der Waals surface area contributed by atoms with Crippen LogP contribution in [0.5, 0.6) is 0 Å². The Kier molecular flexibility index (Phi) is 19.3. The van der Waals surface area contributed by atoms with E-state index in [0.29, 0.717) is 5.56 Å². The minimum Gasteiger partial charge on any atom is -0.254 e. The van der Waals surface area contributed by atoms with E-state index in [1.807, 2.05) is 82.6 Å². The summed E-state index contributed by atoms with van der Waals surface area (Å²) in [6.07, 6.45) is 6.51. The minimum atomic E-state index is 0.672. The average molecular weight is 1380 g/mol. The van der Waals surface area contributed by atoms with E-state index >= 15 is 0 Å². The van der Waals surface area contributed by atoms with Gasteiger partial charge in [-0.1, -0.05) is 227 Å². The first-order valence-corrected chi connectivity index (χ1v) is 36.4. The molecule has 0 unspecified atom stereocenters. The van der Waals surface area contributed by atoms with Gasteiger partial charge in [0.25, 0.3) is 0 Å². The van der Waals surface area contributed by atoms with Gasteiger partial charge >= 0.3 is 0 Å². The quantitative estimate of drug-likeness (QED) is 0.107. The Morgan fingerprint density at radius 2 is 0.838 bits per heavy atom. The molecule has 7 aromatic heterocycles. The van der Waals surface area contributed by atoms with Crippen LogP contribution in [0.25, 0.3) is 154 Å². The van der Waals surface area contributed by atoms with Crippen molar-refractivity contribution in [1.29, 1.82) is 5.26 Å². The first kappa shape index (κ1) is 68.1. The van der Waals surface area contributed by atoms with Gasteiger partial charge < -0.3 is 0 Å². The van der Waals surface area contributed by atoms with Gasteiger partial charge in [0.15, 0.2) is 11.6 Å². The van der Waals surface area contributed by atoms with E-state index in [-0.39, 0.29) is 0 Å². The van der Waals surface area contributed by atoms with Crippen molar-refractivity contribution in [2.45, 2.75) is 81.6 Å². The summed E-state index contributed by atoms with van der Waals surface area (Å²) in [5, 5.41) is 14.9. The van der Waals surface area contributed by atoms with Crippen LogP contribution in [-0.4, -0.2) is 49.8 Å². The van der Waals surface area contributed by atoms with E-state index in [0.717, 1.165) is 176 Å². The zero-order valence-corrected chi connectivity index (χ0v) is 61.0. The molecule has 7 heterocycles. The average Bonchev–Trinajstić information content (AvgIpc) is 1.50. The molecule has 12 heteroatoms. The fraction of sp³-hybridized carbons (Fsp3) is 0.129. The lowest BCUT2D eigenvalue weighted by Crippen LogP contribution is -2.04. The topological polar surface area (TPSA) is 153 Å². The van der Waals surface area contributed by atoms with Gasteiger partial charge in [0.1, 0.15) is 11.6 Å². The molecule has 105 heavy (non-hydrogen) atoms. The lowest BCUT2D eigenvalue weighted by atomic mass is 9.91. The molecule has 508 valence electrons. The number of hydrogen-bond acceptors (Lipinski definition) is 12. The molecule has 17 rings (SSSR count). The van der Waals surface area contributed by atoms with E-state index in [1.54, 1.807) is 11.3 Å². The van der Waals surface area contributed by atoms with Crippen LogP contribution < -0.4 is 0 Å². The standard InChI is InChI=1S/C36H27N3.C32H28N4S.C25H20N4/c1-23-24(2)38-36(39-25(23)3)31-18-16-30(17-19-31)33-21-20-32(34-6-4-5-7-35(33)34)29-14-12-28(13-15-29)27-10-8-26(22-37)9-11-27;1-4-11-25-20(3)28(34-27(5-2)33-25)22-16-18-23(19-17-22)32-35-29(21-12-7-6-8-13-21)31-30(36-32)24-14-9-10-15-26(24)37-31;1-15-16(2)28-17(3)29-23(15)19-10-8-18(9-11-19)22-14-20-6-4-12-26-24(20)25-21(22)7-5-13-27-25/h4-21H,1-3H3;6-10,12-19H,4-5,11H2,1-3H3;4-14H,1-3H3. The van der Waals surface area contributed by atoms with Crippen molar-refractivity contribution < 1.29 is 0 Å². The monoisotopic (exact) mass is 1380 g/mol. The van der Waals surface area contributed by atoms with Crippen molar-refractivity contribution in [3.63, 3.8) is 0 Å². The molecule has 17 aromatic rings. The molecule has 0 aliphatic carbocycles. The van der Waals surface area contributed by atoms with Crippen LogP contribution in [0.2, 0.25) is 0 Å². The first-order chi connectivity index (χ1) is 51.3. The van der Waals surface area contributed by atoms with Gasteiger partial charge in [-0.05, 0) is 163 Å². The summed E-state index contributed by atoms with van der Waals surface area (Å²) in [6, 6.07) is 86.5. The van der Waals surface area contributed by atoms with Crippen molar-refractivity contribution in [2.24, 2.45) is 0 Å². The summed E-state index contributed by atoms with van der Waals surface area (Å²) in [5.41, 5.74) is 28.8. The third-order valence-electron chi connectivity index (χ3n) is 19.8. The van der Waals surface area contributed by atoms with Crippen LogP contribution in [0.3, 0.4) is 0 Å². The summed E-state index contributed by atoms with van der Waals surface area (Å²) < 4.78 is 2.35. The maximum absolute atomic E-state index is 9.07. The van der Waals surface area contributed by atoms with E-state index < -0.39 is 0 Å². The smallest absolute Gasteiger partial charge is 0.160 e. The molecular formula is C93H75N11S. The number of aryl methyl sites for hydroxylation is 6. The van der Waals surface area contributed by atoms with Gasteiger partial charge in [0, 0.05) is 90.3 Å². The molecule has 10 aromatic carbocycles. The van der Waals surface area contributed by atoms with Crippen LogP contribution >= 0.6 is 11.3 Å². The number of rotatable bonds is 12. The van der Waals surface area contributed by atoms with Crippen LogP contribution in [0, 0.1) is 59.8 Å². The van der Waals surface area contributed by atoms with Crippen LogP contribution in [0.4, 0.5) is 0 Å².